The first kappa shape index (κ1) is 23.7. The van der Waals surface area contributed by atoms with Crippen LogP contribution in [0.5, 0.6) is 0 Å². The molecule has 90 valence electrons. The Morgan fingerprint density at radius 1 is 0.625 bits per heavy atom. The molecule has 0 aromatic carbocycles. The first-order valence-electron chi connectivity index (χ1n) is 2.14. The summed E-state index contributed by atoms with van der Waals surface area (Å²) in [5.74, 6) is 0. The van der Waals surface area contributed by atoms with Crippen molar-refractivity contribution >= 4 is 17.4 Å². The van der Waals surface area contributed by atoms with Crippen molar-refractivity contribution in [2.24, 2.45) is 0 Å². The average molecular weight is 261 g/mol. The van der Waals surface area contributed by atoms with Gasteiger partial charge in [0.2, 0.25) is 0 Å². The normalized spacial score (nSPS) is 6.19. The van der Waals surface area contributed by atoms with Gasteiger partial charge in [0.1, 0.15) is 0 Å². The van der Waals surface area contributed by atoms with E-state index in [-0.39, 0.29) is 17.4 Å². The van der Waals surface area contributed by atoms with Crippen LogP contribution in [-0.4, -0.2) is 32.6 Å². The Labute approximate surface area is 94.6 Å². The zero-order chi connectivity index (χ0) is 12.9. The second kappa shape index (κ2) is 18.7. The molecule has 0 amide bonds. The third-order valence-electron chi connectivity index (χ3n) is 0.183. The van der Waals surface area contributed by atoms with Crippen molar-refractivity contribution in [3.8, 4) is 0 Å². The number of hydrogen-bond donors (Lipinski definition) is 0. The van der Waals surface area contributed by atoms with Crippen LogP contribution < -0.4 is 15.8 Å². The van der Waals surface area contributed by atoms with E-state index >= 15 is 0 Å². The predicted molar refractivity (Wildman–Crippen MR) is 30.0 cm³/mol. The summed E-state index contributed by atoms with van der Waals surface area (Å²) in [5.41, 5.74) is 0. The molecule has 0 fully saturated rings. The van der Waals surface area contributed by atoms with Crippen molar-refractivity contribution in [3.63, 3.8) is 0 Å². The molecule has 0 heterocycles. The molecule has 16 heteroatoms. The fourth-order valence-corrected chi connectivity index (χ4v) is 0. The van der Waals surface area contributed by atoms with Gasteiger partial charge in [0.25, 0.3) is 15.3 Å². The van der Waals surface area contributed by atoms with E-state index in [9.17, 15) is 0 Å². The summed E-state index contributed by atoms with van der Waals surface area (Å²) in [6.07, 6.45) is 0. The molecule has 0 aliphatic rings. The molecule has 15 nitrogen and oxygen atoms in total. The SMILES string of the molecule is O=[N+]([O-])O[O-].O=[N+]([O-])O[O-].O=[N+]([O-])O[O-].[Al+3]. The van der Waals surface area contributed by atoms with Gasteiger partial charge in [0.05, 0.1) is 0 Å². The molecule has 0 spiro atoms. The van der Waals surface area contributed by atoms with E-state index in [4.69, 9.17) is 46.1 Å². The fraction of sp³-hybridized carbons (Fsp3) is 0. The van der Waals surface area contributed by atoms with Crippen LogP contribution in [0.2, 0.25) is 0 Å². The van der Waals surface area contributed by atoms with E-state index in [0.717, 1.165) is 0 Å². The topological polar surface area (TPSA) is 226 Å². The molecule has 0 aromatic rings. The Bertz CT molecular complexity index is 155. The van der Waals surface area contributed by atoms with E-state index in [1.807, 2.05) is 0 Å². The molecular formula is AlN3O12. The maximum Gasteiger partial charge on any atom is 3.00 e. The van der Waals surface area contributed by atoms with Crippen LogP contribution in [0.4, 0.5) is 0 Å². The van der Waals surface area contributed by atoms with Crippen LogP contribution in [0.15, 0.2) is 0 Å². The van der Waals surface area contributed by atoms with E-state index < -0.39 is 15.3 Å². The predicted octanol–water partition coefficient (Wildman–Crippen LogP) is -4.97. The van der Waals surface area contributed by atoms with Gasteiger partial charge in [0, 0.05) is 0 Å². The van der Waals surface area contributed by atoms with Gasteiger partial charge < -0.3 is 30.7 Å². The summed E-state index contributed by atoms with van der Waals surface area (Å²) < 4.78 is 0. The second-order valence-corrected chi connectivity index (χ2v) is 0.894. The number of rotatable bonds is 3. The van der Waals surface area contributed by atoms with Crippen LogP contribution >= 0.6 is 0 Å². The van der Waals surface area contributed by atoms with Crippen molar-refractivity contribution in [1.29, 1.82) is 0 Å². The van der Waals surface area contributed by atoms with Gasteiger partial charge in [-0.15, -0.1) is 30.3 Å². The van der Waals surface area contributed by atoms with E-state index in [2.05, 4.69) is 15.0 Å². The molecule has 0 radical (unpaired) electrons. The third-order valence-corrected chi connectivity index (χ3v) is 0.183. The number of nitrogens with zero attached hydrogens (tertiary/aromatic N) is 3. The van der Waals surface area contributed by atoms with E-state index in [0.29, 0.717) is 0 Å². The molecule has 0 rings (SSSR count). The van der Waals surface area contributed by atoms with Crippen molar-refractivity contribution in [2.75, 3.05) is 0 Å². The third kappa shape index (κ3) is 90.5. The Kier molecular flexibility index (Phi) is 27.7. The molecule has 0 bridgehead atoms. The second-order valence-electron chi connectivity index (χ2n) is 0.894. The summed E-state index contributed by atoms with van der Waals surface area (Å²) in [4.78, 5) is 32.6. The first-order valence-corrected chi connectivity index (χ1v) is 2.14. The van der Waals surface area contributed by atoms with Crippen molar-refractivity contribution in [1.82, 2.24) is 0 Å². The summed E-state index contributed by atoms with van der Waals surface area (Å²) in [5, 5.41) is 46.9. The van der Waals surface area contributed by atoms with Gasteiger partial charge in [0.15, 0.2) is 0 Å². The van der Waals surface area contributed by atoms with Crippen molar-refractivity contribution in [3.05, 3.63) is 30.3 Å². The number of hydrogen-bond acceptors (Lipinski definition) is 12. The van der Waals surface area contributed by atoms with Crippen LogP contribution in [0.25, 0.3) is 0 Å². The van der Waals surface area contributed by atoms with Gasteiger partial charge in [-0.05, 0) is 0 Å². The first-order chi connectivity index (χ1) is 6.81. The van der Waals surface area contributed by atoms with Crippen LogP contribution in [0.1, 0.15) is 0 Å². The molecule has 0 saturated carbocycles. The minimum Gasteiger partial charge on any atom is -0.694 e. The fourth-order valence-electron chi connectivity index (χ4n) is 0. The Balaban J connectivity index is -0.0000000655. The van der Waals surface area contributed by atoms with Crippen molar-refractivity contribution in [2.45, 2.75) is 0 Å². The van der Waals surface area contributed by atoms with E-state index in [1.54, 1.807) is 0 Å². The van der Waals surface area contributed by atoms with E-state index in [1.165, 1.54) is 0 Å². The van der Waals surface area contributed by atoms with Crippen LogP contribution in [0, 0.1) is 30.3 Å². The standard InChI is InChI=1S/Al.3HNO4/c;3*2-1(3)5-4/h;3*4H/q+3;;;/p-3. The molecule has 0 aromatic heterocycles. The molecule has 0 N–H and O–H groups in total. The summed E-state index contributed by atoms with van der Waals surface area (Å²) >= 11 is 0. The molecule has 0 atom stereocenters. The summed E-state index contributed by atoms with van der Waals surface area (Å²) in [6.45, 7) is 0. The zero-order valence-electron chi connectivity index (χ0n) is 6.82. The molecule has 0 saturated heterocycles. The summed E-state index contributed by atoms with van der Waals surface area (Å²) in [6, 6.07) is 0. The zero-order valence-corrected chi connectivity index (χ0v) is 7.97. The quantitative estimate of drug-likeness (QED) is 0.201. The molecule has 16 heavy (non-hydrogen) atoms. The summed E-state index contributed by atoms with van der Waals surface area (Å²) in [7, 11) is 0. The Morgan fingerprint density at radius 2 is 0.688 bits per heavy atom. The van der Waals surface area contributed by atoms with Crippen molar-refractivity contribution < 1.29 is 46.0 Å². The Hall–Kier alpha value is -1.99. The maximum absolute atomic E-state index is 8.64. The molecule has 0 aliphatic carbocycles. The largest absolute Gasteiger partial charge is 3.00 e. The molecular weight excluding hydrogens is 261 g/mol. The van der Waals surface area contributed by atoms with Gasteiger partial charge in [-0.3, -0.25) is 0 Å². The van der Waals surface area contributed by atoms with Crippen LogP contribution in [-0.2, 0) is 15.0 Å². The Morgan fingerprint density at radius 3 is 0.688 bits per heavy atom. The smallest absolute Gasteiger partial charge is 0.694 e. The average Bonchev–Trinajstić information content (AvgIpc) is 2.19. The van der Waals surface area contributed by atoms with Gasteiger partial charge in [-0.2, -0.15) is 0 Å². The van der Waals surface area contributed by atoms with Gasteiger partial charge in [-0.25, -0.2) is 0 Å². The van der Waals surface area contributed by atoms with Gasteiger partial charge in [-0.1, -0.05) is 0 Å². The van der Waals surface area contributed by atoms with Gasteiger partial charge >= 0.3 is 17.4 Å². The minimum atomic E-state index is -1.43. The minimum absolute atomic E-state index is 0. The van der Waals surface area contributed by atoms with Crippen LogP contribution in [0.3, 0.4) is 0 Å². The monoisotopic (exact) mass is 261 g/mol. The molecule has 0 aliphatic heterocycles. The molecule has 0 unspecified atom stereocenters. The maximum atomic E-state index is 8.64.